The summed E-state index contributed by atoms with van der Waals surface area (Å²) in [6, 6.07) is 5.64. The summed E-state index contributed by atoms with van der Waals surface area (Å²) < 4.78 is 2.11. The molecule has 0 aliphatic carbocycles. The van der Waals surface area contributed by atoms with Crippen molar-refractivity contribution in [1.82, 2.24) is 9.55 Å². The smallest absolute Gasteiger partial charge is 0.270 e. The van der Waals surface area contributed by atoms with Crippen molar-refractivity contribution in [1.29, 1.82) is 5.26 Å². The van der Waals surface area contributed by atoms with Crippen LogP contribution >= 0.6 is 15.9 Å². The number of aryl methyl sites for hydroxylation is 1. The average Bonchev–Trinajstić information content (AvgIpc) is 2.53. The van der Waals surface area contributed by atoms with Crippen LogP contribution in [0.1, 0.15) is 18.9 Å². The molecule has 7 heteroatoms. The van der Waals surface area contributed by atoms with E-state index in [0.717, 1.165) is 0 Å². The molecule has 23 heavy (non-hydrogen) atoms. The van der Waals surface area contributed by atoms with E-state index in [4.69, 9.17) is 0 Å². The summed E-state index contributed by atoms with van der Waals surface area (Å²) >= 11 is 3.36. The summed E-state index contributed by atoms with van der Waals surface area (Å²) in [5, 5.41) is 19.5. The maximum absolute atomic E-state index is 12.5. The monoisotopic (exact) mass is 376 g/mol. The lowest BCUT2D eigenvalue weighted by atomic mass is 9.95. The molecular weight excluding hydrogens is 360 g/mol. The van der Waals surface area contributed by atoms with Gasteiger partial charge >= 0.3 is 0 Å². The summed E-state index contributed by atoms with van der Waals surface area (Å²) in [4.78, 5) is 19.0. The maximum atomic E-state index is 12.5. The Kier molecular flexibility index (Phi) is 4.13. The van der Waals surface area contributed by atoms with Gasteiger partial charge in [0.2, 0.25) is 0 Å². The SMILES string of the molecule is C[C@@H]1CN(c2c(C#N)c(=O)n(C)c3ccc(Br)nc23)CC[C@@H]1O. The molecular formula is C16H17BrN4O2. The summed E-state index contributed by atoms with van der Waals surface area (Å²) in [7, 11) is 1.65. The number of hydrogen-bond acceptors (Lipinski definition) is 5. The van der Waals surface area contributed by atoms with Gasteiger partial charge in [0.05, 0.1) is 17.3 Å². The Labute approximate surface area is 142 Å². The molecule has 0 saturated carbocycles. The lowest BCUT2D eigenvalue weighted by Gasteiger charge is -2.36. The van der Waals surface area contributed by atoms with Crippen LogP contribution in [0.25, 0.3) is 11.0 Å². The van der Waals surface area contributed by atoms with Crippen molar-refractivity contribution in [2.75, 3.05) is 18.0 Å². The third kappa shape index (κ3) is 2.62. The zero-order valence-corrected chi connectivity index (χ0v) is 14.5. The first-order chi connectivity index (χ1) is 10.9. The van der Waals surface area contributed by atoms with E-state index in [-0.39, 0.29) is 23.1 Å². The Bertz CT molecular complexity index is 871. The van der Waals surface area contributed by atoms with Gasteiger partial charge in [-0.05, 0) is 40.4 Å². The number of nitriles is 1. The molecule has 1 aliphatic heterocycles. The van der Waals surface area contributed by atoms with Crippen molar-refractivity contribution >= 4 is 32.7 Å². The number of aliphatic hydroxyl groups is 1. The number of hydrogen-bond donors (Lipinski definition) is 1. The summed E-state index contributed by atoms with van der Waals surface area (Å²) in [6.07, 6.45) is 0.255. The molecule has 0 radical (unpaired) electrons. The third-order valence-electron chi connectivity index (χ3n) is 4.47. The number of halogens is 1. The molecule has 0 unspecified atom stereocenters. The van der Waals surface area contributed by atoms with Crippen molar-refractivity contribution < 1.29 is 5.11 Å². The number of nitrogens with zero attached hydrogens (tertiary/aromatic N) is 4. The molecule has 0 aromatic carbocycles. The predicted molar refractivity (Wildman–Crippen MR) is 91.4 cm³/mol. The molecule has 6 nitrogen and oxygen atoms in total. The molecule has 1 N–H and O–H groups in total. The molecule has 3 rings (SSSR count). The highest BCUT2D eigenvalue weighted by Crippen LogP contribution is 2.31. The Hall–Kier alpha value is -1.91. The molecule has 2 atom stereocenters. The number of anilines is 1. The summed E-state index contributed by atoms with van der Waals surface area (Å²) in [5.41, 5.74) is 1.67. The van der Waals surface area contributed by atoms with Gasteiger partial charge in [0.1, 0.15) is 21.8 Å². The molecule has 2 aromatic rings. The molecule has 120 valence electrons. The van der Waals surface area contributed by atoms with E-state index in [0.29, 0.717) is 40.8 Å². The number of rotatable bonds is 1. The van der Waals surface area contributed by atoms with Crippen LogP contribution in [0.5, 0.6) is 0 Å². The minimum Gasteiger partial charge on any atom is -0.393 e. The van der Waals surface area contributed by atoms with E-state index in [9.17, 15) is 15.2 Å². The highest BCUT2D eigenvalue weighted by molar-refractivity contribution is 9.10. The van der Waals surface area contributed by atoms with E-state index in [1.54, 1.807) is 13.1 Å². The van der Waals surface area contributed by atoms with Gasteiger partial charge in [-0.1, -0.05) is 6.92 Å². The van der Waals surface area contributed by atoms with Crippen molar-refractivity contribution in [3.05, 3.63) is 32.7 Å². The van der Waals surface area contributed by atoms with E-state index in [2.05, 4.69) is 20.9 Å². The maximum Gasteiger partial charge on any atom is 0.270 e. The van der Waals surface area contributed by atoms with Crippen LogP contribution in [0.15, 0.2) is 21.5 Å². The van der Waals surface area contributed by atoms with Crippen LogP contribution in [0.4, 0.5) is 5.69 Å². The zero-order valence-electron chi connectivity index (χ0n) is 13.0. The van der Waals surface area contributed by atoms with Crippen LogP contribution in [0.2, 0.25) is 0 Å². The lowest BCUT2D eigenvalue weighted by Crippen LogP contribution is -2.43. The molecule has 2 aromatic heterocycles. The second-order valence-electron chi connectivity index (χ2n) is 5.98. The number of aliphatic hydroxyl groups excluding tert-OH is 1. The first-order valence-electron chi connectivity index (χ1n) is 7.46. The second kappa shape index (κ2) is 5.95. The third-order valence-corrected chi connectivity index (χ3v) is 4.91. The van der Waals surface area contributed by atoms with Gasteiger partial charge in [-0.3, -0.25) is 4.79 Å². The van der Waals surface area contributed by atoms with Crippen LogP contribution in [-0.4, -0.2) is 33.9 Å². The van der Waals surface area contributed by atoms with Crippen LogP contribution in [-0.2, 0) is 7.05 Å². The Morgan fingerprint density at radius 3 is 2.87 bits per heavy atom. The van der Waals surface area contributed by atoms with Gasteiger partial charge in [0.25, 0.3) is 5.56 Å². The zero-order chi connectivity index (χ0) is 16.7. The van der Waals surface area contributed by atoms with Crippen LogP contribution in [0.3, 0.4) is 0 Å². The Morgan fingerprint density at radius 1 is 1.48 bits per heavy atom. The summed E-state index contributed by atoms with van der Waals surface area (Å²) in [5.74, 6) is 0.0709. The van der Waals surface area contributed by atoms with Crippen molar-refractivity contribution in [2.24, 2.45) is 13.0 Å². The molecule has 1 fully saturated rings. The van der Waals surface area contributed by atoms with E-state index >= 15 is 0 Å². The van der Waals surface area contributed by atoms with Gasteiger partial charge in [-0.2, -0.15) is 5.26 Å². The van der Waals surface area contributed by atoms with E-state index in [1.165, 1.54) is 4.57 Å². The number of aromatic nitrogens is 2. The highest BCUT2D eigenvalue weighted by atomic mass is 79.9. The average molecular weight is 377 g/mol. The second-order valence-corrected chi connectivity index (χ2v) is 6.79. The number of piperidine rings is 1. The Morgan fingerprint density at radius 2 is 2.22 bits per heavy atom. The molecule has 1 saturated heterocycles. The fourth-order valence-corrected chi connectivity index (χ4v) is 3.42. The first kappa shape index (κ1) is 16.0. The van der Waals surface area contributed by atoms with Gasteiger partial charge in [0.15, 0.2) is 0 Å². The van der Waals surface area contributed by atoms with Crippen LogP contribution in [0, 0.1) is 17.2 Å². The largest absolute Gasteiger partial charge is 0.393 e. The minimum absolute atomic E-state index is 0.0709. The fraction of sp³-hybridized carbons (Fsp3) is 0.438. The van der Waals surface area contributed by atoms with Crippen molar-refractivity contribution in [3.63, 3.8) is 0 Å². The molecule has 0 spiro atoms. The quantitative estimate of drug-likeness (QED) is 0.767. The predicted octanol–water partition coefficient (Wildman–Crippen LogP) is 1.77. The standard InChI is InChI=1S/C16H17BrN4O2/c1-9-8-21(6-5-12(9)22)15-10(7-18)16(23)20(2)11-3-4-13(17)19-14(11)15/h3-4,9,12,22H,5-6,8H2,1-2H3/t9-,12+/m1/s1. The topological polar surface area (TPSA) is 82.2 Å². The van der Waals surface area contributed by atoms with Gasteiger partial charge in [-0.25, -0.2) is 4.98 Å². The molecule has 0 bridgehead atoms. The van der Waals surface area contributed by atoms with Crippen LogP contribution < -0.4 is 10.5 Å². The lowest BCUT2D eigenvalue weighted by molar-refractivity contribution is 0.0971. The van der Waals surface area contributed by atoms with Crippen molar-refractivity contribution in [2.45, 2.75) is 19.4 Å². The minimum atomic E-state index is -0.353. The van der Waals surface area contributed by atoms with Crippen molar-refractivity contribution in [3.8, 4) is 6.07 Å². The highest BCUT2D eigenvalue weighted by Gasteiger charge is 2.29. The Balaban J connectivity index is 2.30. The molecule has 1 aliphatic rings. The normalized spacial score (nSPS) is 21.4. The van der Waals surface area contributed by atoms with E-state index < -0.39 is 0 Å². The first-order valence-corrected chi connectivity index (χ1v) is 8.25. The number of fused-ring (bicyclic) bond motifs is 1. The van der Waals surface area contributed by atoms with E-state index in [1.807, 2.05) is 24.0 Å². The molecule has 3 heterocycles. The van der Waals surface area contributed by atoms with Gasteiger partial charge < -0.3 is 14.6 Å². The van der Waals surface area contributed by atoms with Gasteiger partial charge in [0, 0.05) is 20.1 Å². The fourth-order valence-electron chi connectivity index (χ4n) is 3.11. The molecule has 0 amide bonds. The van der Waals surface area contributed by atoms with Gasteiger partial charge in [-0.15, -0.1) is 0 Å². The summed E-state index contributed by atoms with van der Waals surface area (Å²) in [6.45, 7) is 3.15. The number of pyridine rings is 2.